The molecular formula is C16H18F2N2S. The molecule has 0 aliphatic carbocycles. The molecule has 3 N–H and O–H groups in total. The summed E-state index contributed by atoms with van der Waals surface area (Å²) in [7, 11) is 0. The van der Waals surface area contributed by atoms with Gasteiger partial charge in [-0.3, -0.25) is 11.3 Å². The van der Waals surface area contributed by atoms with E-state index in [0.717, 1.165) is 17.0 Å². The molecule has 0 bridgehead atoms. The molecule has 0 aromatic heterocycles. The third-order valence-electron chi connectivity index (χ3n) is 3.18. The van der Waals surface area contributed by atoms with E-state index < -0.39 is 11.6 Å². The van der Waals surface area contributed by atoms with E-state index in [-0.39, 0.29) is 6.04 Å². The minimum Gasteiger partial charge on any atom is -0.271 e. The molecule has 5 heteroatoms. The molecule has 0 aliphatic heterocycles. The van der Waals surface area contributed by atoms with Crippen LogP contribution in [-0.2, 0) is 6.42 Å². The maximum Gasteiger partial charge on any atom is 0.126 e. The number of nitrogens with two attached hydrogens (primary N) is 1. The molecule has 0 radical (unpaired) electrons. The molecule has 2 aromatic rings. The summed E-state index contributed by atoms with van der Waals surface area (Å²) in [5.74, 6) is 5.35. The first kappa shape index (κ1) is 15.9. The van der Waals surface area contributed by atoms with Crippen LogP contribution in [0.15, 0.2) is 47.4 Å². The Bertz CT molecular complexity index is 587. The number of aryl methyl sites for hydroxylation is 1. The zero-order chi connectivity index (χ0) is 15.2. The number of nitrogens with one attached hydrogen (secondary N) is 1. The van der Waals surface area contributed by atoms with Crippen molar-refractivity contribution in [1.29, 1.82) is 0 Å². The Morgan fingerprint density at radius 2 is 1.86 bits per heavy atom. The minimum absolute atomic E-state index is 0.132. The SMILES string of the molecule is Cc1ccc(SCC(Cc2cc(F)ccc2F)NN)cc1. The van der Waals surface area contributed by atoms with Gasteiger partial charge in [-0.05, 0) is 49.2 Å². The van der Waals surface area contributed by atoms with Gasteiger partial charge in [-0.15, -0.1) is 11.8 Å². The van der Waals surface area contributed by atoms with Gasteiger partial charge in [0.2, 0.25) is 0 Å². The Hall–Kier alpha value is -1.43. The smallest absolute Gasteiger partial charge is 0.126 e. The van der Waals surface area contributed by atoms with Crippen molar-refractivity contribution in [2.45, 2.75) is 24.3 Å². The number of halogens is 2. The lowest BCUT2D eigenvalue weighted by Gasteiger charge is -2.16. The maximum atomic E-state index is 13.6. The first-order chi connectivity index (χ1) is 10.1. The first-order valence-corrected chi connectivity index (χ1v) is 7.66. The van der Waals surface area contributed by atoms with Gasteiger partial charge < -0.3 is 0 Å². The third-order valence-corrected chi connectivity index (χ3v) is 4.36. The van der Waals surface area contributed by atoms with Crippen molar-refractivity contribution in [3.8, 4) is 0 Å². The fourth-order valence-corrected chi connectivity index (χ4v) is 2.90. The molecule has 1 atom stereocenters. The second kappa shape index (κ2) is 7.54. The van der Waals surface area contributed by atoms with Crippen molar-refractivity contribution in [3.63, 3.8) is 0 Å². The molecule has 0 spiro atoms. The molecule has 112 valence electrons. The van der Waals surface area contributed by atoms with E-state index >= 15 is 0 Å². The molecule has 0 fully saturated rings. The van der Waals surface area contributed by atoms with Crippen LogP contribution in [-0.4, -0.2) is 11.8 Å². The highest BCUT2D eigenvalue weighted by Crippen LogP contribution is 2.21. The van der Waals surface area contributed by atoms with E-state index in [1.807, 2.05) is 31.2 Å². The average molecular weight is 308 g/mol. The maximum absolute atomic E-state index is 13.6. The van der Waals surface area contributed by atoms with Gasteiger partial charge in [0.15, 0.2) is 0 Å². The summed E-state index contributed by atoms with van der Waals surface area (Å²) in [5.41, 5.74) is 4.21. The normalized spacial score (nSPS) is 12.4. The standard InChI is InChI=1S/C16H18F2N2S/c1-11-2-5-15(6-3-11)21-10-14(20-19)9-12-8-13(17)4-7-16(12)18/h2-8,14,20H,9-10,19H2,1H3. The summed E-state index contributed by atoms with van der Waals surface area (Å²) in [6.45, 7) is 2.03. The molecule has 0 aliphatic rings. The van der Waals surface area contributed by atoms with Crippen molar-refractivity contribution in [1.82, 2.24) is 5.43 Å². The first-order valence-electron chi connectivity index (χ1n) is 6.68. The topological polar surface area (TPSA) is 38.0 Å². The van der Waals surface area contributed by atoms with Gasteiger partial charge in [0.05, 0.1) is 0 Å². The van der Waals surface area contributed by atoms with E-state index in [9.17, 15) is 8.78 Å². The average Bonchev–Trinajstić information content (AvgIpc) is 2.48. The van der Waals surface area contributed by atoms with Gasteiger partial charge in [0.1, 0.15) is 11.6 Å². The predicted molar refractivity (Wildman–Crippen MR) is 83.1 cm³/mol. The number of benzene rings is 2. The van der Waals surface area contributed by atoms with Gasteiger partial charge in [0, 0.05) is 16.7 Å². The fraction of sp³-hybridized carbons (Fsp3) is 0.250. The summed E-state index contributed by atoms with van der Waals surface area (Å²) >= 11 is 1.63. The molecule has 1 unspecified atom stereocenters. The van der Waals surface area contributed by atoms with E-state index in [2.05, 4.69) is 5.43 Å². The summed E-state index contributed by atoms with van der Waals surface area (Å²) in [6.07, 6.45) is 0.346. The van der Waals surface area contributed by atoms with E-state index in [0.29, 0.717) is 17.7 Å². The lowest BCUT2D eigenvalue weighted by atomic mass is 10.1. The van der Waals surface area contributed by atoms with E-state index in [4.69, 9.17) is 5.84 Å². The van der Waals surface area contributed by atoms with Crippen LogP contribution < -0.4 is 11.3 Å². The Labute approximate surface area is 127 Å². The Morgan fingerprint density at radius 1 is 1.14 bits per heavy atom. The van der Waals surface area contributed by atoms with E-state index in [1.54, 1.807) is 11.8 Å². The molecule has 0 saturated heterocycles. The lowest BCUT2D eigenvalue weighted by molar-refractivity contribution is 0.538. The Kier molecular flexibility index (Phi) is 5.73. The van der Waals surface area contributed by atoms with Crippen LogP contribution >= 0.6 is 11.8 Å². The van der Waals surface area contributed by atoms with Crippen LogP contribution in [0, 0.1) is 18.6 Å². The highest BCUT2D eigenvalue weighted by molar-refractivity contribution is 7.99. The number of hydrogen-bond donors (Lipinski definition) is 2. The van der Waals surface area contributed by atoms with Crippen LogP contribution in [0.2, 0.25) is 0 Å². The van der Waals surface area contributed by atoms with Crippen LogP contribution in [0.1, 0.15) is 11.1 Å². The van der Waals surface area contributed by atoms with Gasteiger partial charge >= 0.3 is 0 Å². The van der Waals surface area contributed by atoms with Gasteiger partial charge in [-0.2, -0.15) is 0 Å². The largest absolute Gasteiger partial charge is 0.271 e. The summed E-state index contributed by atoms with van der Waals surface area (Å²) < 4.78 is 26.8. The molecule has 2 aromatic carbocycles. The van der Waals surface area contributed by atoms with Crippen LogP contribution in [0.5, 0.6) is 0 Å². The second-order valence-corrected chi connectivity index (χ2v) is 6.02. The number of thioether (sulfide) groups is 1. The van der Waals surface area contributed by atoms with Crippen LogP contribution in [0.3, 0.4) is 0 Å². The van der Waals surface area contributed by atoms with Crippen molar-refractivity contribution < 1.29 is 8.78 Å². The Morgan fingerprint density at radius 3 is 2.52 bits per heavy atom. The summed E-state index contributed by atoms with van der Waals surface area (Å²) in [4.78, 5) is 1.13. The number of hydrogen-bond acceptors (Lipinski definition) is 3. The molecule has 2 rings (SSSR count). The van der Waals surface area contributed by atoms with Gasteiger partial charge in [-0.1, -0.05) is 17.7 Å². The van der Waals surface area contributed by atoms with Crippen LogP contribution in [0.4, 0.5) is 8.78 Å². The van der Waals surface area contributed by atoms with Crippen molar-refractivity contribution in [3.05, 3.63) is 65.2 Å². The molecule has 21 heavy (non-hydrogen) atoms. The highest BCUT2D eigenvalue weighted by Gasteiger charge is 2.12. The number of rotatable bonds is 6. The quantitative estimate of drug-likeness (QED) is 0.488. The summed E-state index contributed by atoms with van der Waals surface area (Å²) in [5, 5.41) is 0. The van der Waals surface area contributed by atoms with Crippen LogP contribution in [0.25, 0.3) is 0 Å². The highest BCUT2D eigenvalue weighted by atomic mass is 32.2. The third kappa shape index (κ3) is 4.81. The molecule has 0 amide bonds. The zero-order valence-electron chi connectivity index (χ0n) is 11.8. The Balaban J connectivity index is 1.96. The minimum atomic E-state index is -0.437. The fourth-order valence-electron chi connectivity index (χ4n) is 1.96. The van der Waals surface area contributed by atoms with Gasteiger partial charge in [0.25, 0.3) is 0 Å². The van der Waals surface area contributed by atoms with E-state index in [1.165, 1.54) is 11.6 Å². The monoisotopic (exact) mass is 308 g/mol. The van der Waals surface area contributed by atoms with Crippen molar-refractivity contribution >= 4 is 11.8 Å². The second-order valence-electron chi connectivity index (χ2n) is 4.93. The molecule has 2 nitrogen and oxygen atoms in total. The molecule has 0 heterocycles. The molecular weight excluding hydrogens is 290 g/mol. The summed E-state index contributed by atoms with van der Waals surface area (Å²) in [6, 6.07) is 11.5. The molecule has 0 saturated carbocycles. The number of hydrazine groups is 1. The zero-order valence-corrected chi connectivity index (χ0v) is 12.6. The lowest BCUT2D eigenvalue weighted by Crippen LogP contribution is -2.38. The van der Waals surface area contributed by atoms with Crippen molar-refractivity contribution in [2.75, 3.05) is 5.75 Å². The van der Waals surface area contributed by atoms with Gasteiger partial charge in [-0.25, -0.2) is 8.78 Å². The van der Waals surface area contributed by atoms with Crippen molar-refractivity contribution in [2.24, 2.45) is 5.84 Å². The predicted octanol–water partition coefficient (Wildman–Crippen LogP) is 3.44.